The summed E-state index contributed by atoms with van der Waals surface area (Å²) < 4.78 is 0. The standard InChI is InChI=1S/C4H8O2.C2H4O/c5-3-1-2-4-6;1-2-3/h3,6H,1-2,4H2;2H,1H3. The highest BCUT2D eigenvalue weighted by Gasteiger charge is 1.76. The first-order valence-corrected chi connectivity index (χ1v) is 2.77. The third-order valence-electron chi connectivity index (χ3n) is 0.480. The molecule has 0 radical (unpaired) electrons. The molecule has 0 aliphatic heterocycles. The Morgan fingerprint density at radius 1 is 1.44 bits per heavy atom. The third-order valence-corrected chi connectivity index (χ3v) is 0.480. The lowest BCUT2D eigenvalue weighted by Crippen LogP contribution is -1.80. The van der Waals surface area contributed by atoms with Crippen LogP contribution >= 0.6 is 0 Å². The molecule has 0 aromatic heterocycles. The normalized spacial score (nSPS) is 6.89. The molecule has 0 fully saturated rings. The summed E-state index contributed by atoms with van der Waals surface area (Å²) in [4.78, 5) is 18.3. The number of carbonyl (C=O) groups excluding carboxylic acids is 2. The highest BCUT2D eigenvalue weighted by Crippen LogP contribution is 1.77. The molecule has 54 valence electrons. The minimum absolute atomic E-state index is 0.124. The molecule has 0 aliphatic carbocycles. The van der Waals surface area contributed by atoms with E-state index in [1.807, 2.05) is 0 Å². The second-order valence-electron chi connectivity index (χ2n) is 1.27. The molecule has 0 aliphatic rings. The first-order chi connectivity index (χ1) is 4.33. The van der Waals surface area contributed by atoms with E-state index in [0.717, 1.165) is 12.6 Å². The fourth-order valence-corrected chi connectivity index (χ4v) is 0.175. The Kier molecular flexibility index (Phi) is 19.4. The molecular formula is C6H12O3. The van der Waals surface area contributed by atoms with Gasteiger partial charge in [0.05, 0.1) is 0 Å². The molecule has 0 rings (SSSR count). The lowest BCUT2D eigenvalue weighted by molar-refractivity contribution is -0.108. The van der Waals surface area contributed by atoms with Crippen LogP contribution in [0.4, 0.5) is 0 Å². The lowest BCUT2D eigenvalue weighted by Gasteiger charge is -1.79. The zero-order chi connectivity index (χ0) is 7.54. The van der Waals surface area contributed by atoms with Crippen molar-refractivity contribution >= 4 is 12.6 Å². The molecule has 3 heteroatoms. The summed E-state index contributed by atoms with van der Waals surface area (Å²) in [6.07, 6.45) is 2.64. The van der Waals surface area contributed by atoms with Crippen molar-refractivity contribution in [1.29, 1.82) is 0 Å². The molecule has 1 N–H and O–H groups in total. The van der Waals surface area contributed by atoms with Crippen LogP contribution in [0.1, 0.15) is 19.8 Å². The van der Waals surface area contributed by atoms with E-state index in [1.54, 1.807) is 0 Å². The van der Waals surface area contributed by atoms with Gasteiger partial charge in [0.15, 0.2) is 0 Å². The van der Waals surface area contributed by atoms with E-state index < -0.39 is 0 Å². The van der Waals surface area contributed by atoms with Crippen LogP contribution in [-0.4, -0.2) is 24.3 Å². The Morgan fingerprint density at radius 2 is 1.89 bits per heavy atom. The van der Waals surface area contributed by atoms with E-state index in [4.69, 9.17) is 9.90 Å². The van der Waals surface area contributed by atoms with Gasteiger partial charge in [0, 0.05) is 13.0 Å². The predicted octanol–water partition coefficient (Wildman–Crippen LogP) is 0.163. The molecule has 0 unspecified atom stereocenters. The first-order valence-electron chi connectivity index (χ1n) is 2.77. The Morgan fingerprint density at radius 3 is 2.00 bits per heavy atom. The minimum Gasteiger partial charge on any atom is -0.396 e. The second kappa shape index (κ2) is 15.7. The average molecular weight is 132 g/mol. The highest BCUT2D eigenvalue weighted by atomic mass is 16.3. The van der Waals surface area contributed by atoms with E-state index in [9.17, 15) is 4.79 Å². The average Bonchev–Trinajstić information content (AvgIpc) is 1.86. The quantitative estimate of drug-likeness (QED) is 0.439. The maximum atomic E-state index is 9.45. The number of aldehydes is 2. The topological polar surface area (TPSA) is 54.4 Å². The zero-order valence-corrected chi connectivity index (χ0v) is 5.54. The Hall–Kier alpha value is -0.700. The van der Waals surface area contributed by atoms with Crippen LogP contribution in [-0.2, 0) is 9.59 Å². The second-order valence-corrected chi connectivity index (χ2v) is 1.27. The van der Waals surface area contributed by atoms with Crippen molar-refractivity contribution in [2.45, 2.75) is 19.8 Å². The Balaban J connectivity index is 0. The maximum absolute atomic E-state index is 9.45. The summed E-state index contributed by atoms with van der Waals surface area (Å²) in [5, 5.41) is 8.04. The number of hydrogen-bond donors (Lipinski definition) is 1. The van der Waals surface area contributed by atoms with Crippen LogP contribution in [0.25, 0.3) is 0 Å². The van der Waals surface area contributed by atoms with Crippen molar-refractivity contribution in [3.05, 3.63) is 0 Å². The number of carbonyl (C=O) groups is 2. The molecular weight excluding hydrogens is 120 g/mol. The largest absolute Gasteiger partial charge is 0.396 e. The molecule has 0 saturated heterocycles. The van der Waals surface area contributed by atoms with Gasteiger partial charge in [0.1, 0.15) is 12.6 Å². The summed E-state index contributed by atoms with van der Waals surface area (Å²) in [6, 6.07) is 0. The Labute approximate surface area is 54.7 Å². The van der Waals surface area contributed by atoms with Gasteiger partial charge in [-0.15, -0.1) is 0 Å². The highest BCUT2D eigenvalue weighted by molar-refractivity contribution is 5.48. The summed E-state index contributed by atoms with van der Waals surface area (Å²) in [7, 11) is 0. The van der Waals surface area contributed by atoms with Crippen LogP contribution in [0.3, 0.4) is 0 Å². The smallest absolute Gasteiger partial charge is 0.120 e. The van der Waals surface area contributed by atoms with Crippen molar-refractivity contribution in [2.24, 2.45) is 0 Å². The van der Waals surface area contributed by atoms with Crippen LogP contribution in [0, 0.1) is 0 Å². The molecule has 0 aromatic rings. The molecule has 0 amide bonds. The fourth-order valence-electron chi connectivity index (χ4n) is 0.175. The molecule has 0 saturated carbocycles. The van der Waals surface area contributed by atoms with Crippen molar-refractivity contribution in [2.75, 3.05) is 6.61 Å². The summed E-state index contributed by atoms with van der Waals surface area (Å²) in [6.45, 7) is 1.57. The first kappa shape index (κ1) is 11.1. The van der Waals surface area contributed by atoms with Crippen molar-refractivity contribution in [1.82, 2.24) is 0 Å². The van der Waals surface area contributed by atoms with Gasteiger partial charge in [-0.25, -0.2) is 0 Å². The van der Waals surface area contributed by atoms with Crippen LogP contribution in [0.2, 0.25) is 0 Å². The SMILES string of the molecule is CC=O.O=CCCCO. The van der Waals surface area contributed by atoms with Gasteiger partial charge in [-0.2, -0.15) is 0 Å². The van der Waals surface area contributed by atoms with E-state index in [0.29, 0.717) is 12.8 Å². The van der Waals surface area contributed by atoms with E-state index in [2.05, 4.69) is 0 Å². The molecule has 0 spiro atoms. The van der Waals surface area contributed by atoms with Gasteiger partial charge in [0.2, 0.25) is 0 Å². The summed E-state index contributed by atoms with van der Waals surface area (Å²) in [5.74, 6) is 0. The number of rotatable bonds is 3. The monoisotopic (exact) mass is 132 g/mol. The van der Waals surface area contributed by atoms with Gasteiger partial charge in [-0.05, 0) is 13.3 Å². The van der Waals surface area contributed by atoms with Crippen LogP contribution < -0.4 is 0 Å². The van der Waals surface area contributed by atoms with Crippen molar-refractivity contribution in [3.63, 3.8) is 0 Å². The predicted molar refractivity (Wildman–Crippen MR) is 34.1 cm³/mol. The molecule has 3 nitrogen and oxygen atoms in total. The fraction of sp³-hybridized carbons (Fsp3) is 0.667. The van der Waals surface area contributed by atoms with E-state index in [1.165, 1.54) is 6.92 Å². The van der Waals surface area contributed by atoms with Gasteiger partial charge in [-0.3, -0.25) is 0 Å². The van der Waals surface area contributed by atoms with Gasteiger partial charge < -0.3 is 14.7 Å². The van der Waals surface area contributed by atoms with Crippen LogP contribution in [0.5, 0.6) is 0 Å². The van der Waals surface area contributed by atoms with E-state index >= 15 is 0 Å². The minimum atomic E-state index is 0.124. The zero-order valence-electron chi connectivity index (χ0n) is 5.54. The molecule has 0 heterocycles. The van der Waals surface area contributed by atoms with Gasteiger partial charge >= 0.3 is 0 Å². The number of hydrogen-bond acceptors (Lipinski definition) is 3. The number of aliphatic hydroxyl groups excluding tert-OH is 1. The molecule has 0 bridgehead atoms. The molecule has 0 atom stereocenters. The maximum Gasteiger partial charge on any atom is 0.120 e. The van der Waals surface area contributed by atoms with Crippen LogP contribution in [0.15, 0.2) is 0 Å². The van der Waals surface area contributed by atoms with Crippen molar-refractivity contribution < 1.29 is 14.7 Å². The van der Waals surface area contributed by atoms with Gasteiger partial charge in [-0.1, -0.05) is 0 Å². The summed E-state index contributed by atoms with van der Waals surface area (Å²) >= 11 is 0. The molecule has 9 heavy (non-hydrogen) atoms. The van der Waals surface area contributed by atoms with Gasteiger partial charge in [0.25, 0.3) is 0 Å². The summed E-state index contributed by atoms with van der Waals surface area (Å²) in [5.41, 5.74) is 0. The number of unbranched alkanes of at least 4 members (excludes halogenated alkanes) is 1. The number of aliphatic hydroxyl groups is 1. The Bertz CT molecular complexity index is 61.3. The lowest BCUT2D eigenvalue weighted by atomic mass is 10.4. The third kappa shape index (κ3) is 38.8. The van der Waals surface area contributed by atoms with Crippen molar-refractivity contribution in [3.8, 4) is 0 Å². The van der Waals surface area contributed by atoms with E-state index in [-0.39, 0.29) is 6.61 Å². The molecule has 0 aromatic carbocycles.